The summed E-state index contributed by atoms with van der Waals surface area (Å²) in [5.41, 5.74) is -0.539. The molecular formula is C8H7F3N2O4. The van der Waals surface area contributed by atoms with Gasteiger partial charge in [0.25, 0.3) is 5.69 Å². The molecule has 1 rings (SSSR count). The molecular weight excluding hydrogens is 245 g/mol. The fraction of sp³-hybridized carbons (Fsp3) is 0.375. The van der Waals surface area contributed by atoms with Crippen molar-refractivity contribution in [3.63, 3.8) is 0 Å². The molecule has 1 aromatic heterocycles. The summed E-state index contributed by atoms with van der Waals surface area (Å²) in [6.45, 7) is 1.31. The topological polar surface area (TPSA) is 74.5 Å². The Bertz CT molecular complexity index is 447. The van der Waals surface area contributed by atoms with Crippen LogP contribution < -0.4 is 9.47 Å². The summed E-state index contributed by atoms with van der Waals surface area (Å²) in [7, 11) is 1.14. The van der Waals surface area contributed by atoms with E-state index < -0.39 is 22.9 Å². The largest absolute Gasteiger partial charge is 0.574 e. The Morgan fingerprint density at radius 3 is 2.47 bits per heavy atom. The molecule has 0 radical (unpaired) electrons. The molecule has 17 heavy (non-hydrogen) atoms. The molecule has 0 N–H and O–H groups in total. The van der Waals surface area contributed by atoms with Crippen molar-refractivity contribution in [1.29, 1.82) is 0 Å². The van der Waals surface area contributed by atoms with Crippen LogP contribution in [0.3, 0.4) is 0 Å². The van der Waals surface area contributed by atoms with Crippen LogP contribution >= 0.6 is 0 Å². The number of methoxy groups -OCH3 is 1. The lowest BCUT2D eigenvalue weighted by Crippen LogP contribution is -2.18. The highest BCUT2D eigenvalue weighted by molar-refractivity contribution is 5.48. The molecule has 0 aliphatic heterocycles. The average Bonchev–Trinajstić information content (AvgIpc) is 2.17. The van der Waals surface area contributed by atoms with Gasteiger partial charge in [0, 0.05) is 0 Å². The van der Waals surface area contributed by atoms with Gasteiger partial charge in [-0.3, -0.25) is 10.1 Å². The number of halogens is 3. The minimum Gasteiger partial charge on any atom is -0.481 e. The maximum atomic E-state index is 11.9. The first-order valence-corrected chi connectivity index (χ1v) is 4.20. The summed E-state index contributed by atoms with van der Waals surface area (Å²) in [6, 6.07) is 0.589. The van der Waals surface area contributed by atoms with Crippen LogP contribution in [0.5, 0.6) is 11.8 Å². The normalized spacial score (nSPS) is 11.1. The monoisotopic (exact) mass is 252 g/mol. The molecule has 0 saturated carbocycles. The molecule has 1 heterocycles. The SMILES string of the molecule is COc1nc(OC(F)(F)F)cc([N+](=O)[O-])c1C. The molecule has 0 aliphatic carbocycles. The first-order chi connectivity index (χ1) is 7.74. The summed E-state index contributed by atoms with van der Waals surface area (Å²) in [4.78, 5) is 13.1. The van der Waals surface area contributed by atoms with Crippen LogP contribution in [0.25, 0.3) is 0 Å². The van der Waals surface area contributed by atoms with Gasteiger partial charge < -0.3 is 9.47 Å². The number of rotatable bonds is 3. The van der Waals surface area contributed by atoms with Crippen LogP contribution in [0.2, 0.25) is 0 Å². The third-order valence-electron chi connectivity index (χ3n) is 1.79. The van der Waals surface area contributed by atoms with Crippen LogP contribution in [-0.2, 0) is 0 Å². The van der Waals surface area contributed by atoms with Gasteiger partial charge in [-0.15, -0.1) is 13.2 Å². The lowest BCUT2D eigenvalue weighted by Gasteiger charge is -2.10. The quantitative estimate of drug-likeness (QED) is 0.609. The lowest BCUT2D eigenvalue weighted by molar-refractivity contribution is -0.385. The van der Waals surface area contributed by atoms with Crippen molar-refractivity contribution in [1.82, 2.24) is 4.98 Å². The van der Waals surface area contributed by atoms with E-state index in [0.29, 0.717) is 6.07 Å². The number of hydrogen-bond acceptors (Lipinski definition) is 5. The predicted octanol–water partition coefficient (Wildman–Crippen LogP) is 2.21. The van der Waals surface area contributed by atoms with Crippen molar-refractivity contribution >= 4 is 5.69 Å². The zero-order chi connectivity index (χ0) is 13.2. The van der Waals surface area contributed by atoms with Crippen LogP contribution in [0.1, 0.15) is 5.56 Å². The molecule has 0 saturated heterocycles. The first kappa shape index (κ1) is 13.0. The molecule has 1 aromatic rings. The van der Waals surface area contributed by atoms with Gasteiger partial charge in [0.15, 0.2) is 0 Å². The number of nitrogens with zero attached hydrogens (tertiary/aromatic N) is 2. The Kier molecular flexibility index (Phi) is 3.39. The minimum absolute atomic E-state index is 0.0204. The van der Waals surface area contributed by atoms with Crippen molar-refractivity contribution in [2.75, 3.05) is 7.11 Å². The average molecular weight is 252 g/mol. The van der Waals surface area contributed by atoms with E-state index in [1.165, 1.54) is 6.92 Å². The Morgan fingerprint density at radius 2 is 2.06 bits per heavy atom. The van der Waals surface area contributed by atoms with Gasteiger partial charge in [-0.1, -0.05) is 0 Å². The van der Waals surface area contributed by atoms with Crippen LogP contribution in [-0.4, -0.2) is 23.4 Å². The standard InChI is InChI=1S/C8H7F3N2O4/c1-4-5(13(14)15)3-6(12-7(4)16-2)17-8(9,10)11/h3H,1-2H3. The number of nitro groups is 1. The van der Waals surface area contributed by atoms with E-state index in [-0.39, 0.29) is 11.4 Å². The molecule has 0 aromatic carbocycles. The molecule has 6 nitrogen and oxygen atoms in total. The third-order valence-corrected chi connectivity index (χ3v) is 1.79. The van der Waals surface area contributed by atoms with Crippen molar-refractivity contribution in [2.24, 2.45) is 0 Å². The summed E-state index contributed by atoms with van der Waals surface area (Å²) >= 11 is 0. The van der Waals surface area contributed by atoms with Crippen LogP contribution in [0, 0.1) is 17.0 Å². The van der Waals surface area contributed by atoms with Gasteiger partial charge in [-0.2, -0.15) is 4.98 Å². The highest BCUT2D eigenvalue weighted by atomic mass is 19.4. The second-order valence-electron chi connectivity index (χ2n) is 2.92. The molecule has 0 fully saturated rings. The van der Waals surface area contributed by atoms with Gasteiger partial charge in [-0.25, -0.2) is 0 Å². The van der Waals surface area contributed by atoms with Gasteiger partial charge in [-0.05, 0) is 6.92 Å². The molecule has 0 amide bonds. The number of alkyl halides is 3. The number of hydrogen-bond donors (Lipinski definition) is 0. The molecule has 0 bridgehead atoms. The van der Waals surface area contributed by atoms with Crippen LogP contribution in [0.15, 0.2) is 6.07 Å². The maximum Gasteiger partial charge on any atom is 0.574 e. The second-order valence-corrected chi connectivity index (χ2v) is 2.92. The first-order valence-electron chi connectivity index (χ1n) is 4.20. The molecule has 0 spiro atoms. The predicted molar refractivity (Wildman–Crippen MR) is 48.9 cm³/mol. The molecule has 0 aliphatic rings. The van der Waals surface area contributed by atoms with Crippen molar-refractivity contribution in [3.8, 4) is 11.8 Å². The molecule has 9 heteroatoms. The second kappa shape index (κ2) is 4.44. The third kappa shape index (κ3) is 3.20. The molecule has 0 atom stereocenters. The van der Waals surface area contributed by atoms with Crippen molar-refractivity contribution in [2.45, 2.75) is 13.3 Å². The molecule has 0 unspecified atom stereocenters. The van der Waals surface area contributed by atoms with Crippen LogP contribution in [0.4, 0.5) is 18.9 Å². The fourth-order valence-corrected chi connectivity index (χ4v) is 1.11. The fourth-order valence-electron chi connectivity index (χ4n) is 1.11. The zero-order valence-electron chi connectivity index (χ0n) is 8.74. The van der Waals surface area contributed by atoms with Gasteiger partial charge in [0.2, 0.25) is 11.8 Å². The summed E-state index contributed by atoms with van der Waals surface area (Å²) in [5, 5.41) is 10.6. The highest BCUT2D eigenvalue weighted by Gasteiger charge is 2.33. The highest BCUT2D eigenvalue weighted by Crippen LogP contribution is 2.31. The zero-order valence-corrected chi connectivity index (χ0v) is 8.74. The van der Waals surface area contributed by atoms with E-state index in [1.807, 2.05) is 0 Å². The summed E-state index contributed by atoms with van der Waals surface area (Å²) < 4.78 is 43.9. The Morgan fingerprint density at radius 1 is 1.47 bits per heavy atom. The van der Waals surface area contributed by atoms with Crippen molar-refractivity contribution < 1.29 is 27.6 Å². The van der Waals surface area contributed by atoms with E-state index >= 15 is 0 Å². The van der Waals surface area contributed by atoms with E-state index in [1.54, 1.807) is 0 Å². The lowest BCUT2D eigenvalue weighted by atomic mass is 10.2. The Balaban J connectivity index is 3.25. The number of ether oxygens (including phenoxy) is 2. The Hall–Kier alpha value is -2.06. The van der Waals surface area contributed by atoms with Gasteiger partial charge in [0.1, 0.15) is 0 Å². The maximum absolute atomic E-state index is 11.9. The Labute approximate surface area is 93.1 Å². The van der Waals surface area contributed by atoms with Crippen molar-refractivity contribution in [3.05, 3.63) is 21.7 Å². The van der Waals surface area contributed by atoms with E-state index in [9.17, 15) is 23.3 Å². The minimum atomic E-state index is -4.97. The smallest absolute Gasteiger partial charge is 0.481 e. The number of aromatic nitrogens is 1. The van der Waals surface area contributed by atoms with E-state index in [0.717, 1.165) is 7.11 Å². The summed E-state index contributed by atoms with van der Waals surface area (Å²) in [6.07, 6.45) is -4.97. The number of pyridine rings is 1. The molecule has 94 valence electrons. The van der Waals surface area contributed by atoms with E-state index in [4.69, 9.17) is 0 Å². The van der Waals surface area contributed by atoms with Gasteiger partial charge >= 0.3 is 6.36 Å². The van der Waals surface area contributed by atoms with Gasteiger partial charge in [0.05, 0.1) is 23.7 Å². The van der Waals surface area contributed by atoms with E-state index in [2.05, 4.69) is 14.5 Å². The summed E-state index contributed by atoms with van der Waals surface area (Å²) in [5.74, 6) is -1.23.